The second kappa shape index (κ2) is 27.3. The summed E-state index contributed by atoms with van der Waals surface area (Å²) in [6.45, 7) is 0. The zero-order chi connectivity index (χ0) is 78.8. The fourth-order valence-electron chi connectivity index (χ4n) is 5.99. The lowest BCUT2D eigenvalue weighted by Crippen LogP contribution is -2.70. The van der Waals surface area contributed by atoms with Gasteiger partial charge >= 0.3 is 143 Å². The van der Waals surface area contributed by atoms with Gasteiger partial charge in [0.05, 0.1) is 25.4 Å². The minimum atomic E-state index is -8.61. The molecule has 2 rings (SSSR count). The van der Waals surface area contributed by atoms with Crippen LogP contribution in [0, 0.1) is 0 Å². The molecule has 0 aliphatic carbocycles. The lowest BCUT2D eigenvalue weighted by atomic mass is 9.93. The van der Waals surface area contributed by atoms with Crippen molar-refractivity contribution in [1.82, 2.24) is 0 Å². The van der Waals surface area contributed by atoms with E-state index in [1.807, 2.05) is 0 Å². The van der Waals surface area contributed by atoms with Crippen molar-refractivity contribution in [3.63, 3.8) is 0 Å². The maximum Gasteiger partial charge on any atom is 0.460 e. The summed E-state index contributed by atoms with van der Waals surface area (Å²) in [7, 11) is 0. The molecular formula is C38H16F52S8. The van der Waals surface area contributed by atoms with Crippen LogP contribution in [-0.2, 0) is 0 Å². The van der Waals surface area contributed by atoms with Crippen molar-refractivity contribution in [1.29, 1.82) is 0 Å². The van der Waals surface area contributed by atoms with Crippen molar-refractivity contribution >= 4 is 94.1 Å². The summed E-state index contributed by atoms with van der Waals surface area (Å²) in [4.78, 5) is 0. The maximum atomic E-state index is 14.7. The topological polar surface area (TPSA) is 0 Å². The molecule has 0 bridgehead atoms. The van der Waals surface area contributed by atoms with E-state index in [0.717, 1.165) is 0 Å². The van der Waals surface area contributed by atoms with Crippen molar-refractivity contribution in [3.8, 4) is 0 Å². The standard InChI is InChI=1S/C38H16F52S8/c39-15(40,19(47,48)23(55,56)27(63,64)31(71,72)35(79,80)81)1-5-91-9-10(92-6-2-16(41,42)20(49,50)24(57,58)28(65,66)32(73,74)36(82,83)84)96-13(95-9)14-97-11(93-7-3-17(43,44)21(51,52)25(59,60)29(67,68)33(75,76)37(85,86)87)12(98-14)94-8-4-18(45,46)22(53,54)26(61,62)30(69,70)34(77,78)38(88,89)90/h1-8H2. The third-order valence-electron chi connectivity index (χ3n) is 11.8. The highest BCUT2D eigenvalue weighted by atomic mass is 32.3. The maximum absolute atomic E-state index is 14.7. The lowest BCUT2D eigenvalue weighted by molar-refractivity contribution is -0.439. The van der Waals surface area contributed by atoms with E-state index in [-0.39, 0.29) is 0 Å². The molecule has 0 N–H and O–H groups in total. The molecule has 0 unspecified atom stereocenters. The third-order valence-corrected chi connectivity index (χ3v) is 23.4. The minimum Gasteiger partial charge on any atom is -0.200 e. The van der Waals surface area contributed by atoms with Crippen molar-refractivity contribution < 1.29 is 228 Å². The molecule has 98 heavy (non-hydrogen) atoms. The molecule has 0 aromatic heterocycles. The van der Waals surface area contributed by atoms with Gasteiger partial charge in [-0.05, 0) is 0 Å². The van der Waals surface area contributed by atoms with Gasteiger partial charge in [-0.2, -0.15) is 228 Å². The zero-order valence-electron chi connectivity index (χ0n) is 43.6. The molecular weight excluding hydrogens is 1700 g/mol. The minimum absolute atomic E-state index is 0.571. The predicted octanol–water partition coefficient (Wildman–Crippen LogP) is 24.8. The molecule has 2 aliphatic rings. The molecule has 2 heterocycles. The molecule has 0 amide bonds. The Morgan fingerprint density at radius 2 is 0.276 bits per heavy atom. The van der Waals surface area contributed by atoms with E-state index < -0.39 is 311 Å². The molecule has 60 heteroatoms. The Bertz CT molecular complexity index is 2540. The van der Waals surface area contributed by atoms with E-state index in [1.54, 1.807) is 0 Å². The van der Waals surface area contributed by atoms with E-state index in [1.165, 1.54) is 0 Å². The van der Waals surface area contributed by atoms with Crippen molar-refractivity contribution in [2.75, 3.05) is 23.0 Å². The van der Waals surface area contributed by atoms with Gasteiger partial charge in [0, 0.05) is 48.7 Å². The van der Waals surface area contributed by atoms with Crippen LogP contribution in [0.4, 0.5) is 228 Å². The molecule has 0 saturated heterocycles. The molecule has 2 aliphatic heterocycles. The summed E-state index contributed by atoms with van der Waals surface area (Å²) in [5, 5.41) is 0. The normalized spacial score (nSPS) is 18.0. The molecule has 0 atom stereocenters. The van der Waals surface area contributed by atoms with Crippen LogP contribution < -0.4 is 0 Å². The average molecular weight is 1720 g/mol. The van der Waals surface area contributed by atoms with Crippen LogP contribution in [0.3, 0.4) is 0 Å². The molecule has 0 radical (unpaired) electrons. The van der Waals surface area contributed by atoms with E-state index in [9.17, 15) is 228 Å². The second-order valence-corrected chi connectivity index (χ2v) is 28.6. The molecule has 0 nitrogen and oxygen atoms in total. The summed E-state index contributed by atoms with van der Waals surface area (Å²) in [6.07, 6.45) is -45.5. The van der Waals surface area contributed by atoms with Crippen LogP contribution in [-0.4, -0.2) is 166 Å². The first-order valence-corrected chi connectivity index (χ1v) is 29.8. The Hall–Kier alpha value is -1.62. The summed E-state index contributed by atoms with van der Waals surface area (Å²) in [5.74, 6) is -173. The van der Waals surface area contributed by atoms with Crippen LogP contribution in [0.25, 0.3) is 0 Å². The molecule has 0 fully saturated rings. The first-order chi connectivity index (χ1) is 42.3. The SMILES string of the molecule is FC(F)(F)C(F)(F)C(F)(F)C(F)(F)C(F)(F)C(F)(F)CCSC1=C(SCCC(F)(F)C(F)(F)C(F)(F)C(F)(F)C(F)(F)C(F)(F)F)SC(=C2SC(SCCC(F)(F)C(F)(F)C(F)(F)C(F)(F)C(F)(F)C(F)(F)F)=C(SCCC(F)(F)C(F)(F)C(F)(F)C(F)(F)C(F)(F)C(F)(F)F)S2)S1. The van der Waals surface area contributed by atoms with E-state index in [2.05, 4.69) is 0 Å². The second-order valence-electron chi connectivity index (χ2n) is 18.5. The first-order valence-electron chi connectivity index (χ1n) is 22.6. The largest absolute Gasteiger partial charge is 0.460 e. The third kappa shape index (κ3) is 15.0. The van der Waals surface area contributed by atoms with Crippen LogP contribution in [0.1, 0.15) is 25.7 Å². The summed E-state index contributed by atoms with van der Waals surface area (Å²) in [6, 6.07) is 0. The number of hydrogen-bond donors (Lipinski definition) is 0. The van der Waals surface area contributed by atoms with Gasteiger partial charge in [0.1, 0.15) is 0 Å². The lowest BCUT2D eigenvalue weighted by Gasteiger charge is -2.39. The van der Waals surface area contributed by atoms with Gasteiger partial charge in [-0.1, -0.05) is 47.0 Å². The van der Waals surface area contributed by atoms with Crippen molar-refractivity contribution in [2.24, 2.45) is 0 Å². The van der Waals surface area contributed by atoms with Crippen LogP contribution in [0.5, 0.6) is 0 Å². The smallest absolute Gasteiger partial charge is 0.200 e. The van der Waals surface area contributed by atoms with Gasteiger partial charge in [-0.3, -0.25) is 0 Å². The Morgan fingerprint density at radius 3 is 0.388 bits per heavy atom. The monoisotopic (exact) mass is 1720 g/mol. The number of hydrogen-bond acceptors (Lipinski definition) is 8. The predicted molar refractivity (Wildman–Crippen MR) is 243 cm³/mol. The first kappa shape index (κ1) is 92.5. The Kier molecular flexibility index (Phi) is 25.8. The summed E-state index contributed by atoms with van der Waals surface area (Å²) < 4.78 is 707. The van der Waals surface area contributed by atoms with E-state index in [4.69, 9.17) is 0 Å². The number of thioether (sulfide) groups is 8. The Balaban J connectivity index is 2.92. The molecule has 0 spiro atoms. The van der Waals surface area contributed by atoms with Crippen LogP contribution >= 0.6 is 94.1 Å². The van der Waals surface area contributed by atoms with Crippen molar-refractivity contribution in [2.45, 2.75) is 169 Å². The highest BCUT2D eigenvalue weighted by Gasteiger charge is 2.95. The summed E-state index contributed by atoms with van der Waals surface area (Å²) >= 11 is -5.87. The van der Waals surface area contributed by atoms with E-state index >= 15 is 0 Å². The van der Waals surface area contributed by atoms with E-state index in [0.29, 0.717) is 0 Å². The van der Waals surface area contributed by atoms with Gasteiger partial charge in [-0.15, -0.1) is 47.0 Å². The van der Waals surface area contributed by atoms with Gasteiger partial charge in [0.2, 0.25) is 0 Å². The molecule has 0 aromatic carbocycles. The van der Waals surface area contributed by atoms with Crippen molar-refractivity contribution in [3.05, 3.63) is 25.4 Å². The Morgan fingerprint density at radius 1 is 0.163 bits per heavy atom. The van der Waals surface area contributed by atoms with Gasteiger partial charge in [0.25, 0.3) is 0 Å². The summed E-state index contributed by atoms with van der Waals surface area (Å²) in [5.41, 5.74) is 0. The molecule has 0 saturated carbocycles. The van der Waals surface area contributed by atoms with Crippen LogP contribution in [0.2, 0.25) is 0 Å². The average Bonchev–Trinajstić information content (AvgIpc) is 0.927. The molecule has 580 valence electrons. The number of halogens is 52. The van der Waals surface area contributed by atoms with Gasteiger partial charge < -0.3 is 0 Å². The number of rotatable bonds is 32. The molecule has 0 aromatic rings. The van der Waals surface area contributed by atoms with Crippen LogP contribution in [0.15, 0.2) is 25.4 Å². The van der Waals surface area contributed by atoms with Gasteiger partial charge in [0.15, 0.2) is 0 Å². The fourth-order valence-corrected chi connectivity index (χ4v) is 18.3. The highest BCUT2D eigenvalue weighted by molar-refractivity contribution is 8.45. The fraction of sp³-hybridized carbons (Fsp3) is 0.842. The quantitative estimate of drug-likeness (QED) is 0.0604. The Labute approximate surface area is 538 Å². The highest BCUT2D eigenvalue weighted by Crippen LogP contribution is 2.70. The zero-order valence-corrected chi connectivity index (χ0v) is 50.1. The van der Waals surface area contributed by atoms with Gasteiger partial charge in [-0.25, -0.2) is 0 Å². The number of alkyl halides is 52.